The molecule has 0 aliphatic rings. The van der Waals surface area contributed by atoms with E-state index < -0.39 is 6.61 Å². The van der Waals surface area contributed by atoms with Gasteiger partial charge < -0.3 is 20.1 Å². The van der Waals surface area contributed by atoms with Crippen LogP contribution in [0.2, 0.25) is 0 Å². The summed E-state index contributed by atoms with van der Waals surface area (Å²) < 4.78 is 34.1. The van der Waals surface area contributed by atoms with Crippen LogP contribution in [0.1, 0.15) is 12.5 Å². The van der Waals surface area contributed by atoms with Gasteiger partial charge in [0.15, 0.2) is 11.5 Å². The number of carbonyl (C=O) groups excluding carboxylic acids is 1. The summed E-state index contributed by atoms with van der Waals surface area (Å²) in [5.41, 5.74) is 6.11. The minimum atomic E-state index is -2.94. The van der Waals surface area contributed by atoms with E-state index in [1.807, 2.05) is 0 Å². The Kier molecular flexibility index (Phi) is 6.36. The molecule has 7 heteroatoms. The summed E-state index contributed by atoms with van der Waals surface area (Å²) in [7, 11) is 3.00. The second-order valence-corrected chi connectivity index (χ2v) is 4.69. The largest absolute Gasteiger partial charge is 0.493 e. The first-order chi connectivity index (χ1) is 9.88. The number of hydrogen-bond acceptors (Lipinski definition) is 4. The standard InChI is InChI=1S/C14H20F2N2O3/c1-9(7-17)13(19)18(2)8-10-4-5-11(20-3)12(6-10)21-14(15)16/h4-6,9,14H,7-8,17H2,1-3H3. The van der Waals surface area contributed by atoms with Crippen LogP contribution in [0.25, 0.3) is 0 Å². The van der Waals surface area contributed by atoms with Gasteiger partial charge in [-0.15, -0.1) is 0 Å². The first kappa shape index (κ1) is 17.2. The van der Waals surface area contributed by atoms with Crippen LogP contribution in [0.4, 0.5) is 8.78 Å². The van der Waals surface area contributed by atoms with E-state index in [0.29, 0.717) is 5.56 Å². The van der Waals surface area contributed by atoms with E-state index >= 15 is 0 Å². The quantitative estimate of drug-likeness (QED) is 0.835. The Balaban J connectivity index is 2.86. The second kappa shape index (κ2) is 7.78. The predicted molar refractivity (Wildman–Crippen MR) is 74.3 cm³/mol. The Bertz CT molecular complexity index is 483. The van der Waals surface area contributed by atoms with E-state index in [1.54, 1.807) is 20.0 Å². The molecule has 1 rings (SSSR count). The molecule has 1 unspecified atom stereocenters. The Morgan fingerprint density at radius 3 is 2.57 bits per heavy atom. The zero-order valence-corrected chi connectivity index (χ0v) is 12.3. The maximum absolute atomic E-state index is 12.4. The summed E-state index contributed by atoms with van der Waals surface area (Å²) in [5, 5.41) is 0. The lowest BCUT2D eigenvalue weighted by Gasteiger charge is -2.21. The summed E-state index contributed by atoms with van der Waals surface area (Å²) in [5.74, 6) is -0.240. The second-order valence-electron chi connectivity index (χ2n) is 4.69. The Morgan fingerprint density at radius 1 is 1.38 bits per heavy atom. The van der Waals surface area contributed by atoms with Gasteiger partial charge in [0.05, 0.1) is 7.11 Å². The molecule has 0 saturated heterocycles. The van der Waals surface area contributed by atoms with Crippen LogP contribution in [-0.4, -0.2) is 38.1 Å². The molecule has 118 valence electrons. The molecule has 0 aromatic heterocycles. The zero-order valence-electron chi connectivity index (χ0n) is 12.3. The fourth-order valence-electron chi connectivity index (χ4n) is 1.84. The monoisotopic (exact) mass is 302 g/mol. The van der Waals surface area contributed by atoms with Gasteiger partial charge in [0.1, 0.15) is 0 Å². The van der Waals surface area contributed by atoms with E-state index in [9.17, 15) is 13.6 Å². The summed E-state index contributed by atoms with van der Waals surface area (Å²) in [4.78, 5) is 13.4. The summed E-state index contributed by atoms with van der Waals surface area (Å²) in [6.07, 6.45) is 0. The molecular formula is C14H20F2N2O3. The minimum Gasteiger partial charge on any atom is -0.493 e. The SMILES string of the molecule is COc1ccc(CN(C)C(=O)C(C)CN)cc1OC(F)F. The van der Waals surface area contributed by atoms with Gasteiger partial charge in [-0.1, -0.05) is 13.0 Å². The highest BCUT2D eigenvalue weighted by molar-refractivity contribution is 5.78. The van der Waals surface area contributed by atoms with Crippen molar-refractivity contribution in [3.8, 4) is 11.5 Å². The molecule has 0 bridgehead atoms. The van der Waals surface area contributed by atoms with Crippen LogP contribution in [0, 0.1) is 5.92 Å². The first-order valence-corrected chi connectivity index (χ1v) is 6.45. The van der Waals surface area contributed by atoms with Gasteiger partial charge in [0.25, 0.3) is 0 Å². The normalized spacial score (nSPS) is 12.1. The number of nitrogens with two attached hydrogens (primary N) is 1. The first-order valence-electron chi connectivity index (χ1n) is 6.45. The zero-order chi connectivity index (χ0) is 16.0. The molecule has 0 fully saturated rings. The third kappa shape index (κ3) is 4.86. The molecule has 1 amide bonds. The number of amides is 1. The van der Waals surface area contributed by atoms with E-state index in [-0.39, 0.29) is 36.4 Å². The maximum atomic E-state index is 12.4. The van der Waals surface area contributed by atoms with Crippen molar-refractivity contribution in [1.82, 2.24) is 4.90 Å². The molecule has 0 spiro atoms. The van der Waals surface area contributed by atoms with Crippen molar-refractivity contribution >= 4 is 5.91 Å². The van der Waals surface area contributed by atoms with Gasteiger partial charge in [0, 0.05) is 26.1 Å². The van der Waals surface area contributed by atoms with Gasteiger partial charge >= 0.3 is 6.61 Å². The summed E-state index contributed by atoms with van der Waals surface area (Å²) >= 11 is 0. The molecule has 0 heterocycles. The molecular weight excluding hydrogens is 282 g/mol. The molecule has 0 saturated carbocycles. The molecule has 0 aliphatic heterocycles. The van der Waals surface area contributed by atoms with E-state index in [4.69, 9.17) is 10.5 Å². The fourth-order valence-corrected chi connectivity index (χ4v) is 1.84. The van der Waals surface area contributed by atoms with Gasteiger partial charge in [-0.05, 0) is 17.7 Å². The van der Waals surface area contributed by atoms with Crippen LogP contribution in [0.15, 0.2) is 18.2 Å². The lowest BCUT2D eigenvalue weighted by Crippen LogP contribution is -2.34. The van der Waals surface area contributed by atoms with Crippen LogP contribution >= 0.6 is 0 Å². The van der Waals surface area contributed by atoms with Crippen LogP contribution in [0.3, 0.4) is 0 Å². The van der Waals surface area contributed by atoms with E-state index in [2.05, 4.69) is 4.74 Å². The molecule has 1 aromatic rings. The van der Waals surface area contributed by atoms with Gasteiger partial charge in [-0.3, -0.25) is 4.79 Å². The highest BCUT2D eigenvalue weighted by Gasteiger charge is 2.17. The number of carbonyl (C=O) groups is 1. The van der Waals surface area contributed by atoms with Crippen molar-refractivity contribution in [3.05, 3.63) is 23.8 Å². The Hall–Kier alpha value is -1.89. The van der Waals surface area contributed by atoms with Crippen molar-refractivity contribution < 1.29 is 23.0 Å². The Labute approximate surface area is 122 Å². The van der Waals surface area contributed by atoms with Crippen molar-refractivity contribution in [2.45, 2.75) is 20.1 Å². The number of rotatable bonds is 7. The van der Waals surface area contributed by atoms with Crippen molar-refractivity contribution in [2.75, 3.05) is 20.7 Å². The number of halogens is 2. The molecule has 1 atom stereocenters. The predicted octanol–water partition coefficient (Wildman–Crippen LogP) is 1.85. The van der Waals surface area contributed by atoms with Crippen molar-refractivity contribution in [1.29, 1.82) is 0 Å². The lowest BCUT2D eigenvalue weighted by molar-refractivity contribution is -0.133. The number of ether oxygens (including phenoxy) is 2. The summed E-state index contributed by atoms with van der Waals surface area (Å²) in [6.45, 7) is -0.679. The lowest BCUT2D eigenvalue weighted by atomic mass is 10.1. The average molecular weight is 302 g/mol. The van der Waals surface area contributed by atoms with Crippen molar-refractivity contribution in [2.24, 2.45) is 11.7 Å². The Morgan fingerprint density at radius 2 is 2.05 bits per heavy atom. The molecule has 5 nitrogen and oxygen atoms in total. The molecule has 0 radical (unpaired) electrons. The number of nitrogens with zero attached hydrogens (tertiary/aromatic N) is 1. The third-order valence-electron chi connectivity index (χ3n) is 3.02. The van der Waals surface area contributed by atoms with Crippen molar-refractivity contribution in [3.63, 3.8) is 0 Å². The molecule has 21 heavy (non-hydrogen) atoms. The number of benzene rings is 1. The van der Waals surface area contributed by atoms with Crippen LogP contribution in [0.5, 0.6) is 11.5 Å². The number of hydrogen-bond donors (Lipinski definition) is 1. The molecule has 2 N–H and O–H groups in total. The van der Waals surface area contributed by atoms with E-state index in [1.165, 1.54) is 24.1 Å². The molecule has 1 aromatic carbocycles. The smallest absolute Gasteiger partial charge is 0.387 e. The topological polar surface area (TPSA) is 64.8 Å². The minimum absolute atomic E-state index is 0.0577. The average Bonchev–Trinajstić information content (AvgIpc) is 2.45. The van der Waals surface area contributed by atoms with Gasteiger partial charge in [0.2, 0.25) is 5.91 Å². The highest BCUT2D eigenvalue weighted by atomic mass is 19.3. The number of alkyl halides is 2. The van der Waals surface area contributed by atoms with Crippen LogP contribution < -0.4 is 15.2 Å². The fraction of sp³-hybridized carbons (Fsp3) is 0.500. The van der Waals surface area contributed by atoms with Gasteiger partial charge in [-0.2, -0.15) is 8.78 Å². The van der Waals surface area contributed by atoms with Crippen LogP contribution in [-0.2, 0) is 11.3 Å². The number of methoxy groups -OCH3 is 1. The van der Waals surface area contributed by atoms with E-state index in [0.717, 1.165) is 0 Å². The molecule has 0 aliphatic carbocycles. The summed E-state index contributed by atoms with van der Waals surface area (Å²) in [6, 6.07) is 4.65. The maximum Gasteiger partial charge on any atom is 0.387 e. The highest BCUT2D eigenvalue weighted by Crippen LogP contribution is 2.29. The third-order valence-corrected chi connectivity index (χ3v) is 3.02. The van der Waals surface area contributed by atoms with Gasteiger partial charge in [-0.25, -0.2) is 0 Å².